The minimum absolute atomic E-state index is 0.0441. The van der Waals surface area contributed by atoms with Crippen molar-refractivity contribution in [1.29, 1.82) is 0 Å². The zero-order valence-electron chi connectivity index (χ0n) is 15.4. The third-order valence-corrected chi connectivity index (χ3v) is 3.61. The van der Waals surface area contributed by atoms with Crippen LogP contribution in [0.1, 0.15) is 39.4 Å². The normalized spacial score (nSPS) is 14.2. The molecule has 1 aromatic rings. The Bertz CT molecular complexity index is 639. The number of rotatable bonds is 10. The molecule has 1 unspecified atom stereocenters. The predicted molar refractivity (Wildman–Crippen MR) is 98.8 cm³/mol. The monoisotopic (exact) mass is 369 g/mol. The third kappa shape index (κ3) is 7.00. The van der Waals surface area contributed by atoms with Crippen molar-refractivity contribution in [2.75, 3.05) is 18.5 Å². The highest BCUT2D eigenvalue weighted by Crippen LogP contribution is 2.29. The lowest BCUT2D eigenvalue weighted by molar-refractivity contribution is -0.0882. The number of ether oxygens (including phenoxy) is 1. The van der Waals surface area contributed by atoms with Crippen LogP contribution in [0, 0.1) is 0 Å². The number of nitrogens with zero attached hydrogens (tertiary/aromatic N) is 2. The molecule has 1 N–H and O–H groups in total. The zero-order chi connectivity index (χ0) is 19.6. The minimum Gasteiger partial charge on any atom is -0.376 e. The molecule has 1 rings (SSSR count). The second-order valence-electron chi connectivity index (χ2n) is 5.59. The second-order valence-corrected chi connectivity index (χ2v) is 5.59. The topological polar surface area (TPSA) is 47.0 Å². The van der Waals surface area contributed by atoms with Gasteiger partial charge in [0.05, 0.1) is 11.7 Å². The van der Waals surface area contributed by atoms with E-state index in [2.05, 4.69) is 21.9 Å². The van der Waals surface area contributed by atoms with Gasteiger partial charge in [-0.25, -0.2) is 9.97 Å². The maximum atomic E-state index is 12.9. The van der Waals surface area contributed by atoms with Gasteiger partial charge in [-0.15, -0.1) is 0 Å². The fraction of sp³-hybridized carbons (Fsp3) is 0.474. The van der Waals surface area contributed by atoms with E-state index < -0.39 is 11.7 Å². The number of halogens is 3. The molecule has 4 nitrogen and oxygen atoms in total. The Labute approximate surface area is 152 Å². The summed E-state index contributed by atoms with van der Waals surface area (Å²) in [5, 5.41) is 3.15. The summed E-state index contributed by atoms with van der Waals surface area (Å²) in [5.74, 6) is 0.700. The van der Waals surface area contributed by atoms with Crippen LogP contribution in [0.3, 0.4) is 0 Å². The van der Waals surface area contributed by atoms with Gasteiger partial charge in [0.1, 0.15) is 5.82 Å². The number of nitrogens with one attached hydrogen (secondary N) is 1. The van der Waals surface area contributed by atoms with E-state index in [1.807, 2.05) is 13.8 Å². The SMILES string of the molecule is C=C/C(=C\C(=C/C)C(F)(F)F)c1nccc(NCC(CC)OCCC)n1. The highest BCUT2D eigenvalue weighted by molar-refractivity contribution is 5.72. The van der Waals surface area contributed by atoms with Crippen molar-refractivity contribution in [3.05, 3.63) is 48.5 Å². The lowest BCUT2D eigenvalue weighted by Crippen LogP contribution is -2.23. The van der Waals surface area contributed by atoms with Crippen molar-refractivity contribution in [3.63, 3.8) is 0 Å². The standard InChI is InChI=1S/C19H26F3N3O/c1-5-11-26-16(8-4)13-24-17-9-10-23-18(25-17)14(6-2)12-15(7-3)19(20,21)22/h6-7,9-10,12,16H,2,5,8,11,13H2,1,3-4H3,(H,23,24,25)/b14-12+,15-7+. The number of allylic oxidation sites excluding steroid dienone is 5. The summed E-state index contributed by atoms with van der Waals surface area (Å²) in [6, 6.07) is 1.66. The number of aromatic nitrogens is 2. The molecule has 0 radical (unpaired) electrons. The molecule has 7 heteroatoms. The van der Waals surface area contributed by atoms with Crippen molar-refractivity contribution in [2.24, 2.45) is 0 Å². The van der Waals surface area contributed by atoms with Crippen LogP contribution >= 0.6 is 0 Å². The quantitative estimate of drug-likeness (QED) is 0.578. The van der Waals surface area contributed by atoms with E-state index in [-0.39, 0.29) is 17.5 Å². The van der Waals surface area contributed by atoms with E-state index >= 15 is 0 Å². The molecule has 0 bridgehead atoms. The lowest BCUT2D eigenvalue weighted by atomic mass is 10.1. The maximum absolute atomic E-state index is 12.9. The molecule has 0 amide bonds. The van der Waals surface area contributed by atoms with E-state index in [1.54, 1.807) is 6.07 Å². The number of hydrogen-bond acceptors (Lipinski definition) is 4. The van der Waals surface area contributed by atoms with Crippen LogP contribution in [0.5, 0.6) is 0 Å². The van der Waals surface area contributed by atoms with Gasteiger partial charge < -0.3 is 10.1 Å². The van der Waals surface area contributed by atoms with Gasteiger partial charge in [-0.05, 0) is 31.9 Å². The molecule has 0 aromatic carbocycles. The van der Waals surface area contributed by atoms with Crippen molar-refractivity contribution in [3.8, 4) is 0 Å². The fourth-order valence-corrected chi connectivity index (χ4v) is 2.13. The Morgan fingerprint density at radius 3 is 2.65 bits per heavy atom. The molecule has 0 saturated carbocycles. The van der Waals surface area contributed by atoms with E-state index in [0.29, 0.717) is 19.0 Å². The number of hydrogen-bond donors (Lipinski definition) is 1. The first kappa shape index (κ1) is 21.9. The summed E-state index contributed by atoms with van der Waals surface area (Å²) in [6.45, 7) is 10.2. The summed E-state index contributed by atoms with van der Waals surface area (Å²) >= 11 is 0. The second kappa shape index (κ2) is 10.8. The summed E-state index contributed by atoms with van der Waals surface area (Å²) in [6.07, 6.45) is 2.19. The van der Waals surface area contributed by atoms with Gasteiger partial charge in [-0.3, -0.25) is 0 Å². The zero-order valence-corrected chi connectivity index (χ0v) is 15.4. The van der Waals surface area contributed by atoms with Crippen LogP contribution in [0.2, 0.25) is 0 Å². The molecule has 144 valence electrons. The molecule has 0 spiro atoms. The van der Waals surface area contributed by atoms with Gasteiger partial charge in [0.15, 0.2) is 5.82 Å². The summed E-state index contributed by atoms with van der Waals surface area (Å²) in [4.78, 5) is 8.35. The maximum Gasteiger partial charge on any atom is 0.416 e. The predicted octanol–water partition coefficient (Wildman–Crippen LogP) is 5.17. The Balaban J connectivity index is 2.94. The largest absolute Gasteiger partial charge is 0.416 e. The Hall–Kier alpha value is -2.15. The van der Waals surface area contributed by atoms with Gasteiger partial charge in [-0.2, -0.15) is 13.2 Å². The molecule has 1 aromatic heterocycles. The van der Waals surface area contributed by atoms with Gasteiger partial charge in [0, 0.05) is 24.9 Å². The van der Waals surface area contributed by atoms with Crippen LogP contribution in [-0.2, 0) is 4.74 Å². The Morgan fingerprint density at radius 1 is 1.38 bits per heavy atom. The summed E-state index contributed by atoms with van der Waals surface area (Å²) in [5.41, 5.74) is -0.568. The van der Waals surface area contributed by atoms with Gasteiger partial charge in [0.25, 0.3) is 0 Å². The molecule has 0 aliphatic rings. The van der Waals surface area contributed by atoms with Crippen molar-refractivity contribution < 1.29 is 17.9 Å². The minimum atomic E-state index is -4.44. The molecule has 0 fully saturated rings. The molecule has 1 atom stereocenters. The van der Waals surface area contributed by atoms with E-state index in [4.69, 9.17) is 4.74 Å². The van der Waals surface area contributed by atoms with Gasteiger partial charge >= 0.3 is 6.18 Å². The molecule has 0 aliphatic carbocycles. The van der Waals surface area contributed by atoms with Crippen LogP contribution < -0.4 is 5.32 Å². The Kier molecular flexibility index (Phi) is 9.05. The third-order valence-electron chi connectivity index (χ3n) is 3.61. The van der Waals surface area contributed by atoms with Crippen molar-refractivity contribution in [1.82, 2.24) is 9.97 Å². The molecular weight excluding hydrogens is 343 g/mol. The van der Waals surface area contributed by atoms with Crippen LogP contribution in [0.15, 0.2) is 42.6 Å². The van der Waals surface area contributed by atoms with Crippen molar-refractivity contribution >= 4 is 11.4 Å². The first-order valence-electron chi connectivity index (χ1n) is 8.62. The first-order valence-corrected chi connectivity index (χ1v) is 8.62. The molecule has 1 heterocycles. The van der Waals surface area contributed by atoms with Crippen LogP contribution in [0.4, 0.5) is 19.0 Å². The summed E-state index contributed by atoms with van der Waals surface area (Å²) < 4.78 is 44.5. The first-order chi connectivity index (χ1) is 12.3. The Morgan fingerprint density at radius 2 is 2.12 bits per heavy atom. The van der Waals surface area contributed by atoms with Gasteiger partial charge in [0.2, 0.25) is 0 Å². The average Bonchev–Trinajstić information content (AvgIpc) is 2.62. The average molecular weight is 369 g/mol. The molecule has 0 saturated heterocycles. The number of anilines is 1. The van der Waals surface area contributed by atoms with Crippen molar-refractivity contribution in [2.45, 2.75) is 45.9 Å². The highest BCUT2D eigenvalue weighted by atomic mass is 19.4. The lowest BCUT2D eigenvalue weighted by Gasteiger charge is -2.17. The summed E-state index contributed by atoms with van der Waals surface area (Å²) in [7, 11) is 0. The smallest absolute Gasteiger partial charge is 0.376 e. The molecular formula is C19H26F3N3O. The van der Waals surface area contributed by atoms with Crippen LogP contribution in [0.25, 0.3) is 5.57 Å². The van der Waals surface area contributed by atoms with Gasteiger partial charge in [-0.1, -0.05) is 32.6 Å². The molecule has 0 aliphatic heterocycles. The van der Waals surface area contributed by atoms with E-state index in [1.165, 1.54) is 19.2 Å². The van der Waals surface area contributed by atoms with E-state index in [9.17, 15) is 13.2 Å². The fourth-order valence-electron chi connectivity index (χ4n) is 2.13. The molecule has 26 heavy (non-hydrogen) atoms. The van der Waals surface area contributed by atoms with Crippen LogP contribution in [-0.4, -0.2) is 35.4 Å². The number of alkyl halides is 3. The van der Waals surface area contributed by atoms with E-state index in [0.717, 1.165) is 25.0 Å². The highest BCUT2D eigenvalue weighted by Gasteiger charge is 2.31.